The Labute approximate surface area is 114 Å². The van der Waals surface area contributed by atoms with Gasteiger partial charge in [-0.15, -0.1) is 0 Å². The molecule has 5 nitrogen and oxygen atoms in total. The van der Waals surface area contributed by atoms with E-state index in [0.29, 0.717) is 0 Å². The molecular formula is C11H9ClFN3O2S. The van der Waals surface area contributed by atoms with E-state index in [4.69, 9.17) is 17.3 Å². The number of nitrogens with zero attached hydrogens (tertiary/aromatic N) is 1. The maximum absolute atomic E-state index is 12.9. The molecule has 0 amide bonds. The van der Waals surface area contributed by atoms with E-state index >= 15 is 0 Å². The molecule has 19 heavy (non-hydrogen) atoms. The number of pyridine rings is 1. The van der Waals surface area contributed by atoms with Crippen LogP contribution in [0.5, 0.6) is 0 Å². The van der Waals surface area contributed by atoms with Crippen molar-refractivity contribution in [2.24, 2.45) is 0 Å². The van der Waals surface area contributed by atoms with Crippen LogP contribution in [0.25, 0.3) is 0 Å². The number of sulfonamides is 1. The number of rotatable bonds is 3. The van der Waals surface area contributed by atoms with E-state index in [2.05, 4.69) is 9.71 Å². The first kappa shape index (κ1) is 13.6. The van der Waals surface area contributed by atoms with E-state index in [-0.39, 0.29) is 21.4 Å². The highest BCUT2D eigenvalue weighted by molar-refractivity contribution is 7.92. The molecule has 1 aromatic carbocycles. The van der Waals surface area contributed by atoms with E-state index < -0.39 is 16.0 Å². The van der Waals surface area contributed by atoms with Gasteiger partial charge in [0.15, 0.2) is 0 Å². The Kier molecular flexibility index (Phi) is 3.59. The predicted octanol–water partition coefficient (Wildman–Crippen LogP) is 2.26. The monoisotopic (exact) mass is 301 g/mol. The number of hydrogen-bond acceptors (Lipinski definition) is 4. The summed E-state index contributed by atoms with van der Waals surface area (Å²) < 4.78 is 39.0. The summed E-state index contributed by atoms with van der Waals surface area (Å²) >= 11 is 5.71. The zero-order chi connectivity index (χ0) is 14.0. The molecule has 2 rings (SSSR count). The van der Waals surface area contributed by atoms with E-state index in [9.17, 15) is 12.8 Å². The van der Waals surface area contributed by atoms with Crippen molar-refractivity contribution in [1.82, 2.24) is 4.98 Å². The highest BCUT2D eigenvalue weighted by atomic mass is 35.5. The molecule has 0 aliphatic carbocycles. The number of nitrogens with one attached hydrogen (secondary N) is 1. The van der Waals surface area contributed by atoms with Crippen molar-refractivity contribution in [1.29, 1.82) is 0 Å². The van der Waals surface area contributed by atoms with Crippen LogP contribution in [0.2, 0.25) is 5.02 Å². The van der Waals surface area contributed by atoms with Gasteiger partial charge in [0.1, 0.15) is 5.82 Å². The van der Waals surface area contributed by atoms with E-state index in [1.165, 1.54) is 30.3 Å². The number of hydrogen-bond donors (Lipinski definition) is 2. The third kappa shape index (κ3) is 3.12. The van der Waals surface area contributed by atoms with Gasteiger partial charge in [-0.3, -0.25) is 4.72 Å². The van der Waals surface area contributed by atoms with Crippen molar-refractivity contribution >= 4 is 33.1 Å². The zero-order valence-electron chi connectivity index (χ0n) is 9.47. The molecular weight excluding hydrogens is 293 g/mol. The van der Waals surface area contributed by atoms with Crippen molar-refractivity contribution in [2.45, 2.75) is 4.90 Å². The van der Waals surface area contributed by atoms with Gasteiger partial charge in [0.25, 0.3) is 10.0 Å². The van der Waals surface area contributed by atoms with Gasteiger partial charge in [0, 0.05) is 0 Å². The summed E-state index contributed by atoms with van der Waals surface area (Å²) in [5.74, 6) is -0.899. The normalized spacial score (nSPS) is 11.3. The second kappa shape index (κ2) is 5.02. The number of halogens is 2. The second-order valence-electron chi connectivity index (χ2n) is 3.63. The summed E-state index contributed by atoms with van der Waals surface area (Å²) in [4.78, 5) is 3.33. The van der Waals surface area contributed by atoms with Gasteiger partial charge in [-0.1, -0.05) is 17.7 Å². The largest absolute Gasteiger partial charge is 0.397 e. The van der Waals surface area contributed by atoms with Crippen molar-refractivity contribution in [3.63, 3.8) is 0 Å². The lowest BCUT2D eigenvalue weighted by molar-refractivity contribution is 0.584. The molecule has 0 atom stereocenters. The standard InChI is InChI=1S/C11H9ClFN3O2S/c12-8-5-4-7(6-9(8)14)19(17,18)16-11-3-1-2-10(13)15-11/h1-6H,14H2,(H,15,16). The van der Waals surface area contributed by atoms with Crippen LogP contribution in [0.3, 0.4) is 0 Å². The van der Waals surface area contributed by atoms with Crippen LogP contribution in [0.1, 0.15) is 0 Å². The summed E-state index contributed by atoms with van der Waals surface area (Å²) in [5, 5.41) is 0.253. The number of nitrogens with two attached hydrogens (primary N) is 1. The molecule has 0 radical (unpaired) electrons. The minimum Gasteiger partial charge on any atom is -0.397 e. The fourth-order valence-electron chi connectivity index (χ4n) is 1.35. The molecule has 0 aliphatic heterocycles. The van der Waals surface area contributed by atoms with Crippen LogP contribution in [0, 0.1) is 5.95 Å². The lowest BCUT2D eigenvalue weighted by atomic mass is 10.3. The van der Waals surface area contributed by atoms with Gasteiger partial charge in [-0.05, 0) is 30.3 Å². The summed E-state index contributed by atoms with van der Waals surface area (Å²) in [7, 11) is -3.89. The Morgan fingerprint density at radius 1 is 1.26 bits per heavy atom. The Balaban J connectivity index is 2.35. The third-order valence-corrected chi connectivity index (χ3v) is 3.93. The Bertz CT molecular complexity index is 722. The van der Waals surface area contributed by atoms with Crippen molar-refractivity contribution in [3.05, 3.63) is 47.4 Å². The molecule has 2 aromatic rings. The molecule has 0 saturated heterocycles. The first-order valence-corrected chi connectivity index (χ1v) is 6.95. The van der Waals surface area contributed by atoms with Crippen LogP contribution in [-0.2, 0) is 10.0 Å². The average Bonchev–Trinajstić information content (AvgIpc) is 2.32. The van der Waals surface area contributed by atoms with E-state index in [1.807, 2.05) is 0 Å². The molecule has 0 bridgehead atoms. The molecule has 0 saturated carbocycles. The summed E-state index contributed by atoms with van der Waals surface area (Å²) in [6.45, 7) is 0. The molecule has 1 aromatic heterocycles. The highest BCUT2D eigenvalue weighted by Crippen LogP contribution is 2.23. The number of nitrogen functional groups attached to an aromatic ring is 1. The van der Waals surface area contributed by atoms with Gasteiger partial charge in [-0.2, -0.15) is 4.39 Å². The fourth-order valence-corrected chi connectivity index (χ4v) is 2.50. The fraction of sp³-hybridized carbons (Fsp3) is 0. The maximum Gasteiger partial charge on any atom is 0.263 e. The topological polar surface area (TPSA) is 85.1 Å². The average molecular weight is 302 g/mol. The second-order valence-corrected chi connectivity index (χ2v) is 5.72. The Morgan fingerprint density at radius 3 is 2.63 bits per heavy atom. The molecule has 100 valence electrons. The van der Waals surface area contributed by atoms with Gasteiger partial charge in [-0.25, -0.2) is 13.4 Å². The van der Waals surface area contributed by atoms with Crippen LogP contribution in [0.4, 0.5) is 15.9 Å². The van der Waals surface area contributed by atoms with E-state index in [1.54, 1.807) is 0 Å². The predicted molar refractivity (Wildman–Crippen MR) is 70.9 cm³/mol. The quantitative estimate of drug-likeness (QED) is 0.672. The Morgan fingerprint density at radius 2 is 2.00 bits per heavy atom. The molecule has 0 fully saturated rings. The van der Waals surface area contributed by atoms with Gasteiger partial charge in [0.05, 0.1) is 15.6 Å². The lowest BCUT2D eigenvalue weighted by Crippen LogP contribution is -2.14. The molecule has 8 heteroatoms. The van der Waals surface area contributed by atoms with E-state index in [0.717, 1.165) is 6.07 Å². The first-order valence-electron chi connectivity index (χ1n) is 5.09. The Hall–Kier alpha value is -1.86. The summed E-state index contributed by atoms with van der Waals surface area (Å²) in [5.41, 5.74) is 5.67. The SMILES string of the molecule is Nc1cc(S(=O)(=O)Nc2cccc(F)n2)ccc1Cl. The third-order valence-electron chi connectivity index (χ3n) is 2.23. The minimum absolute atomic E-state index is 0.0829. The highest BCUT2D eigenvalue weighted by Gasteiger charge is 2.16. The summed E-state index contributed by atoms with van der Waals surface area (Å²) in [6, 6.07) is 7.66. The van der Waals surface area contributed by atoms with Crippen LogP contribution in [-0.4, -0.2) is 13.4 Å². The van der Waals surface area contributed by atoms with Crippen molar-refractivity contribution < 1.29 is 12.8 Å². The zero-order valence-corrected chi connectivity index (χ0v) is 11.0. The number of benzene rings is 1. The smallest absolute Gasteiger partial charge is 0.263 e. The van der Waals surface area contributed by atoms with Crippen LogP contribution >= 0.6 is 11.6 Å². The van der Waals surface area contributed by atoms with Crippen molar-refractivity contribution in [2.75, 3.05) is 10.5 Å². The molecule has 3 N–H and O–H groups in total. The lowest BCUT2D eigenvalue weighted by Gasteiger charge is -2.08. The molecule has 0 unspecified atom stereocenters. The molecule has 0 spiro atoms. The molecule has 0 aliphatic rings. The van der Waals surface area contributed by atoms with Crippen LogP contribution < -0.4 is 10.5 Å². The van der Waals surface area contributed by atoms with Gasteiger partial charge >= 0.3 is 0 Å². The molecule has 1 heterocycles. The van der Waals surface area contributed by atoms with Crippen LogP contribution in [0.15, 0.2) is 41.3 Å². The van der Waals surface area contributed by atoms with Crippen molar-refractivity contribution in [3.8, 4) is 0 Å². The first-order chi connectivity index (χ1) is 8.88. The number of aromatic nitrogens is 1. The minimum atomic E-state index is -3.89. The number of anilines is 2. The van der Waals surface area contributed by atoms with Gasteiger partial charge < -0.3 is 5.73 Å². The van der Waals surface area contributed by atoms with Gasteiger partial charge in [0.2, 0.25) is 5.95 Å². The summed E-state index contributed by atoms with van der Waals surface area (Å²) in [6.07, 6.45) is 0. The maximum atomic E-state index is 12.9.